The normalized spacial score (nSPS) is 23.3. The molecule has 1 aromatic rings. The van der Waals surface area contributed by atoms with Gasteiger partial charge < -0.3 is 15.0 Å². The van der Waals surface area contributed by atoms with Gasteiger partial charge in [0.25, 0.3) is 0 Å². The van der Waals surface area contributed by atoms with E-state index in [1.54, 1.807) is 16.2 Å². The number of rotatable bonds is 4. The van der Waals surface area contributed by atoms with Crippen molar-refractivity contribution >= 4 is 17.2 Å². The minimum absolute atomic E-state index is 0.0757. The minimum atomic E-state index is -0.0757. The van der Waals surface area contributed by atoms with Gasteiger partial charge in [-0.2, -0.15) is 0 Å². The summed E-state index contributed by atoms with van der Waals surface area (Å²) in [5, 5.41) is 3.14. The van der Waals surface area contributed by atoms with Crippen molar-refractivity contribution in [2.45, 2.75) is 19.5 Å². The molecule has 0 saturated carbocycles. The molecule has 1 fully saturated rings. The molecule has 6 heteroatoms. The lowest BCUT2D eigenvalue weighted by Crippen LogP contribution is -2.43. The quantitative estimate of drug-likeness (QED) is 0.872. The third-order valence-electron chi connectivity index (χ3n) is 3.37. The number of likely N-dealkylation sites (N-methyl/N-ethyl adjacent to an activating group) is 1. The van der Waals surface area contributed by atoms with Crippen LogP contribution >= 0.6 is 11.3 Å². The molecule has 18 heavy (non-hydrogen) atoms. The Morgan fingerprint density at radius 2 is 2.44 bits per heavy atom. The zero-order valence-electron chi connectivity index (χ0n) is 11.0. The molecule has 1 aliphatic heterocycles. The molecule has 1 aliphatic rings. The number of ether oxygens (including phenoxy) is 1. The Kier molecular flexibility index (Phi) is 4.31. The number of thiazole rings is 1. The summed E-state index contributed by atoms with van der Waals surface area (Å²) >= 11 is 1.59. The lowest BCUT2D eigenvalue weighted by Gasteiger charge is -2.23. The summed E-state index contributed by atoms with van der Waals surface area (Å²) in [6.07, 6.45) is 0. The SMILES string of the molecule is CNC1COCC1C(=O)N(C)Cc1scnc1C. The summed E-state index contributed by atoms with van der Waals surface area (Å²) in [5.41, 5.74) is 2.82. The molecule has 2 rings (SSSR count). The predicted molar refractivity (Wildman–Crippen MR) is 70.5 cm³/mol. The van der Waals surface area contributed by atoms with E-state index in [1.165, 1.54) is 0 Å². The minimum Gasteiger partial charge on any atom is -0.379 e. The largest absolute Gasteiger partial charge is 0.379 e. The highest BCUT2D eigenvalue weighted by molar-refractivity contribution is 7.09. The van der Waals surface area contributed by atoms with Crippen LogP contribution in [0.5, 0.6) is 0 Å². The summed E-state index contributed by atoms with van der Waals surface area (Å²) < 4.78 is 5.37. The molecule has 0 bridgehead atoms. The van der Waals surface area contributed by atoms with Gasteiger partial charge in [0.15, 0.2) is 0 Å². The maximum Gasteiger partial charge on any atom is 0.229 e. The van der Waals surface area contributed by atoms with E-state index in [9.17, 15) is 4.79 Å². The number of aromatic nitrogens is 1. The Morgan fingerprint density at radius 3 is 3.06 bits per heavy atom. The zero-order valence-corrected chi connectivity index (χ0v) is 11.8. The van der Waals surface area contributed by atoms with E-state index in [4.69, 9.17) is 4.74 Å². The molecule has 2 atom stereocenters. The van der Waals surface area contributed by atoms with Crippen LogP contribution in [-0.2, 0) is 16.1 Å². The van der Waals surface area contributed by atoms with Crippen LogP contribution < -0.4 is 5.32 Å². The molecular formula is C12H19N3O2S. The fraction of sp³-hybridized carbons (Fsp3) is 0.667. The Balaban J connectivity index is 1.98. The number of nitrogens with zero attached hydrogens (tertiary/aromatic N) is 2. The van der Waals surface area contributed by atoms with Gasteiger partial charge >= 0.3 is 0 Å². The fourth-order valence-corrected chi connectivity index (χ4v) is 2.97. The Morgan fingerprint density at radius 1 is 1.67 bits per heavy atom. The molecule has 1 aromatic heterocycles. The third kappa shape index (κ3) is 2.71. The van der Waals surface area contributed by atoms with Crippen LogP contribution in [0.2, 0.25) is 0 Å². The highest BCUT2D eigenvalue weighted by Gasteiger charge is 2.34. The lowest BCUT2D eigenvalue weighted by molar-refractivity contribution is -0.135. The van der Waals surface area contributed by atoms with E-state index in [0.29, 0.717) is 19.8 Å². The van der Waals surface area contributed by atoms with Gasteiger partial charge in [0.1, 0.15) is 0 Å². The van der Waals surface area contributed by atoms with E-state index in [1.807, 2.05) is 26.5 Å². The number of amides is 1. The van der Waals surface area contributed by atoms with Crippen LogP contribution in [0, 0.1) is 12.8 Å². The molecule has 0 aliphatic carbocycles. The standard InChI is InChI=1S/C12H19N3O2S/c1-8-11(18-7-14-8)4-15(3)12(16)9-5-17-6-10(9)13-2/h7,9-10,13H,4-6H2,1-3H3. The summed E-state index contributed by atoms with van der Waals surface area (Å²) in [4.78, 5) is 19.5. The van der Waals surface area contributed by atoms with Crippen molar-refractivity contribution in [3.63, 3.8) is 0 Å². The number of hydrogen-bond donors (Lipinski definition) is 1. The molecule has 5 nitrogen and oxygen atoms in total. The zero-order chi connectivity index (χ0) is 13.1. The summed E-state index contributed by atoms with van der Waals surface area (Å²) in [5.74, 6) is 0.0628. The maximum absolute atomic E-state index is 12.3. The maximum atomic E-state index is 12.3. The van der Waals surface area contributed by atoms with Crippen LogP contribution in [0.15, 0.2) is 5.51 Å². The molecule has 1 saturated heterocycles. The van der Waals surface area contributed by atoms with Crippen LogP contribution in [0.3, 0.4) is 0 Å². The first-order chi connectivity index (χ1) is 8.63. The van der Waals surface area contributed by atoms with E-state index in [-0.39, 0.29) is 17.9 Å². The van der Waals surface area contributed by atoms with Crippen molar-refractivity contribution in [1.82, 2.24) is 15.2 Å². The second-order valence-electron chi connectivity index (χ2n) is 4.59. The molecule has 0 aromatic carbocycles. The molecule has 2 unspecified atom stereocenters. The third-order valence-corrected chi connectivity index (χ3v) is 4.29. The van der Waals surface area contributed by atoms with Crippen molar-refractivity contribution < 1.29 is 9.53 Å². The molecule has 1 amide bonds. The van der Waals surface area contributed by atoms with Gasteiger partial charge in [-0.15, -0.1) is 11.3 Å². The van der Waals surface area contributed by atoms with Gasteiger partial charge in [0, 0.05) is 18.0 Å². The van der Waals surface area contributed by atoms with Gasteiger partial charge in [-0.3, -0.25) is 4.79 Å². The van der Waals surface area contributed by atoms with Crippen LogP contribution in [0.1, 0.15) is 10.6 Å². The van der Waals surface area contributed by atoms with Gasteiger partial charge in [-0.1, -0.05) is 0 Å². The molecule has 0 radical (unpaired) electrons. The average Bonchev–Trinajstić information content (AvgIpc) is 2.97. The van der Waals surface area contributed by atoms with Gasteiger partial charge in [0.05, 0.1) is 36.9 Å². The highest BCUT2D eigenvalue weighted by atomic mass is 32.1. The van der Waals surface area contributed by atoms with Crippen LogP contribution in [0.4, 0.5) is 0 Å². The number of carbonyl (C=O) groups excluding carboxylic acids is 1. The first kappa shape index (κ1) is 13.5. The second kappa shape index (κ2) is 5.77. The number of hydrogen-bond acceptors (Lipinski definition) is 5. The van der Waals surface area contributed by atoms with Crippen molar-refractivity contribution in [3.8, 4) is 0 Å². The topological polar surface area (TPSA) is 54.5 Å². The molecule has 1 N–H and O–H groups in total. The van der Waals surface area contributed by atoms with Crippen molar-refractivity contribution in [2.24, 2.45) is 5.92 Å². The Labute approximate surface area is 111 Å². The monoisotopic (exact) mass is 269 g/mol. The average molecular weight is 269 g/mol. The van der Waals surface area contributed by atoms with E-state index >= 15 is 0 Å². The molecular weight excluding hydrogens is 250 g/mol. The lowest BCUT2D eigenvalue weighted by atomic mass is 10.0. The summed E-state index contributed by atoms with van der Waals surface area (Å²) in [7, 11) is 3.71. The first-order valence-corrected chi connectivity index (χ1v) is 6.90. The van der Waals surface area contributed by atoms with Gasteiger partial charge in [-0.25, -0.2) is 4.98 Å². The molecule has 100 valence electrons. The fourth-order valence-electron chi connectivity index (χ4n) is 2.14. The smallest absolute Gasteiger partial charge is 0.229 e. The van der Waals surface area contributed by atoms with Crippen LogP contribution in [-0.4, -0.2) is 49.1 Å². The molecule has 0 spiro atoms. The van der Waals surface area contributed by atoms with Crippen LogP contribution in [0.25, 0.3) is 0 Å². The highest BCUT2D eigenvalue weighted by Crippen LogP contribution is 2.19. The number of aryl methyl sites for hydroxylation is 1. The van der Waals surface area contributed by atoms with Gasteiger partial charge in [-0.05, 0) is 14.0 Å². The number of nitrogens with one attached hydrogen (secondary N) is 1. The molecule has 2 heterocycles. The Bertz CT molecular complexity index is 421. The van der Waals surface area contributed by atoms with E-state index in [0.717, 1.165) is 10.6 Å². The Hall–Kier alpha value is -0.980. The van der Waals surface area contributed by atoms with E-state index in [2.05, 4.69) is 10.3 Å². The van der Waals surface area contributed by atoms with Gasteiger partial charge in [0.2, 0.25) is 5.91 Å². The van der Waals surface area contributed by atoms with E-state index < -0.39 is 0 Å². The summed E-state index contributed by atoms with van der Waals surface area (Å²) in [6.45, 7) is 3.72. The second-order valence-corrected chi connectivity index (χ2v) is 5.53. The van der Waals surface area contributed by atoms with Crippen molar-refractivity contribution in [2.75, 3.05) is 27.3 Å². The predicted octanol–water partition coefficient (Wildman–Crippen LogP) is 0.644. The van der Waals surface area contributed by atoms with Crippen molar-refractivity contribution in [1.29, 1.82) is 0 Å². The first-order valence-electron chi connectivity index (χ1n) is 6.02. The van der Waals surface area contributed by atoms with Crippen molar-refractivity contribution in [3.05, 3.63) is 16.1 Å². The number of carbonyl (C=O) groups is 1. The summed E-state index contributed by atoms with van der Waals surface area (Å²) in [6, 6.07) is 0.127.